The predicted octanol–water partition coefficient (Wildman–Crippen LogP) is 3.30. The molecule has 8 nitrogen and oxygen atoms in total. The van der Waals surface area contributed by atoms with E-state index < -0.39 is 17.7 Å². The Kier molecular flexibility index (Phi) is 6.45. The molecule has 2 amide bonds. The van der Waals surface area contributed by atoms with E-state index in [4.69, 9.17) is 9.26 Å². The molecule has 3 atom stereocenters. The number of carbonyl (C=O) groups excluding carboxylic acids is 2. The van der Waals surface area contributed by atoms with Crippen LogP contribution in [0.4, 0.5) is 10.7 Å². The van der Waals surface area contributed by atoms with Gasteiger partial charge in [0.15, 0.2) is 0 Å². The van der Waals surface area contributed by atoms with Gasteiger partial charge in [-0.2, -0.15) is 0 Å². The van der Waals surface area contributed by atoms with Crippen LogP contribution in [-0.2, 0) is 9.53 Å². The average Bonchev–Trinajstić information content (AvgIpc) is 3.26. The lowest BCUT2D eigenvalue weighted by Gasteiger charge is -2.24. The SMILES string of the molecule is Cc1cc(NC(=O)[C@H](C)N2C[C@@H](NC(=O)OC(C)(C)C)[C@H](c3ccccc3)C2)on1. The fourth-order valence-electron chi connectivity index (χ4n) is 3.61. The van der Waals surface area contributed by atoms with Gasteiger partial charge in [-0.3, -0.25) is 15.0 Å². The van der Waals surface area contributed by atoms with Gasteiger partial charge in [0, 0.05) is 25.1 Å². The summed E-state index contributed by atoms with van der Waals surface area (Å²) in [5, 5.41) is 9.54. The molecule has 3 rings (SSSR count). The lowest BCUT2D eigenvalue weighted by molar-refractivity contribution is -0.120. The molecule has 0 unspecified atom stereocenters. The second-order valence-corrected chi connectivity index (χ2v) is 8.72. The van der Waals surface area contributed by atoms with Crippen molar-refractivity contribution < 1.29 is 18.8 Å². The van der Waals surface area contributed by atoms with E-state index in [1.807, 2.05) is 58.0 Å². The molecule has 2 N–H and O–H groups in total. The Morgan fingerprint density at radius 1 is 1.23 bits per heavy atom. The Morgan fingerprint density at radius 3 is 2.53 bits per heavy atom. The van der Waals surface area contributed by atoms with Gasteiger partial charge in [0.25, 0.3) is 0 Å². The van der Waals surface area contributed by atoms with Gasteiger partial charge >= 0.3 is 6.09 Å². The molecular weight excluding hydrogens is 384 g/mol. The molecule has 0 bridgehead atoms. The van der Waals surface area contributed by atoms with Gasteiger partial charge in [0.05, 0.1) is 17.8 Å². The Morgan fingerprint density at radius 2 is 1.93 bits per heavy atom. The number of aromatic nitrogens is 1. The van der Waals surface area contributed by atoms with Crippen molar-refractivity contribution in [3.63, 3.8) is 0 Å². The number of ether oxygens (including phenoxy) is 1. The summed E-state index contributed by atoms with van der Waals surface area (Å²) in [6.45, 7) is 10.3. The molecule has 30 heavy (non-hydrogen) atoms. The third kappa shape index (κ3) is 5.60. The number of likely N-dealkylation sites (tertiary alicyclic amines) is 1. The molecule has 1 aromatic heterocycles. The zero-order chi connectivity index (χ0) is 21.9. The normalized spacial score (nSPS) is 20.6. The molecule has 2 heterocycles. The molecule has 0 aliphatic carbocycles. The number of nitrogens with one attached hydrogen (secondary N) is 2. The summed E-state index contributed by atoms with van der Waals surface area (Å²) < 4.78 is 10.5. The number of carbonyl (C=O) groups is 2. The van der Waals surface area contributed by atoms with E-state index >= 15 is 0 Å². The maximum Gasteiger partial charge on any atom is 0.407 e. The second-order valence-electron chi connectivity index (χ2n) is 8.72. The molecule has 1 fully saturated rings. The number of aryl methyl sites for hydroxylation is 1. The van der Waals surface area contributed by atoms with E-state index in [1.54, 1.807) is 13.0 Å². The molecule has 0 saturated carbocycles. The summed E-state index contributed by atoms with van der Waals surface area (Å²) >= 11 is 0. The Labute approximate surface area is 176 Å². The number of anilines is 1. The highest BCUT2D eigenvalue weighted by molar-refractivity contribution is 5.93. The summed E-state index contributed by atoms with van der Waals surface area (Å²) in [7, 11) is 0. The molecule has 1 saturated heterocycles. The number of rotatable bonds is 5. The number of benzene rings is 1. The fraction of sp³-hybridized carbons (Fsp3) is 0.500. The quantitative estimate of drug-likeness (QED) is 0.779. The first kappa shape index (κ1) is 21.8. The molecule has 1 aliphatic rings. The van der Waals surface area contributed by atoms with E-state index in [2.05, 4.69) is 20.7 Å². The van der Waals surface area contributed by atoms with Crippen LogP contribution in [0.5, 0.6) is 0 Å². The van der Waals surface area contributed by atoms with Crippen LogP contribution in [0.1, 0.15) is 44.9 Å². The van der Waals surface area contributed by atoms with Gasteiger partial charge < -0.3 is 14.6 Å². The first-order valence-electron chi connectivity index (χ1n) is 10.1. The third-order valence-electron chi connectivity index (χ3n) is 5.08. The summed E-state index contributed by atoms with van der Waals surface area (Å²) in [5.41, 5.74) is 1.23. The van der Waals surface area contributed by atoms with Crippen LogP contribution in [0.25, 0.3) is 0 Å². The van der Waals surface area contributed by atoms with Crippen LogP contribution in [-0.4, -0.2) is 52.8 Å². The molecule has 1 aliphatic heterocycles. The van der Waals surface area contributed by atoms with Crippen molar-refractivity contribution in [2.45, 2.75) is 58.2 Å². The van der Waals surface area contributed by atoms with Crippen molar-refractivity contribution in [1.29, 1.82) is 0 Å². The number of amides is 2. The standard InChI is InChI=1S/C22H30N4O4/c1-14-11-19(30-25-14)24-20(27)15(2)26-12-17(16-9-7-6-8-10-16)18(13-26)23-21(28)29-22(3,4)5/h6-11,15,17-18H,12-13H2,1-5H3,(H,23,28)(H,24,27)/t15-,17-,18+/m0/s1. The van der Waals surface area contributed by atoms with Gasteiger partial charge in [-0.1, -0.05) is 35.5 Å². The zero-order valence-electron chi connectivity index (χ0n) is 18.1. The first-order chi connectivity index (χ1) is 14.1. The van der Waals surface area contributed by atoms with Crippen molar-refractivity contribution in [1.82, 2.24) is 15.4 Å². The van der Waals surface area contributed by atoms with E-state index in [0.717, 1.165) is 5.56 Å². The predicted molar refractivity (Wildman–Crippen MR) is 113 cm³/mol. The van der Waals surface area contributed by atoms with Gasteiger partial charge in [-0.05, 0) is 40.2 Å². The molecule has 2 aromatic rings. The number of hydrogen-bond acceptors (Lipinski definition) is 6. The van der Waals surface area contributed by atoms with Crippen LogP contribution in [0, 0.1) is 6.92 Å². The van der Waals surface area contributed by atoms with Gasteiger partial charge in [0.2, 0.25) is 11.8 Å². The summed E-state index contributed by atoms with van der Waals surface area (Å²) in [5.74, 6) is 0.184. The fourth-order valence-corrected chi connectivity index (χ4v) is 3.61. The topological polar surface area (TPSA) is 96.7 Å². The van der Waals surface area contributed by atoms with Crippen molar-refractivity contribution in [3.8, 4) is 0 Å². The largest absolute Gasteiger partial charge is 0.444 e. The lowest BCUT2D eigenvalue weighted by atomic mass is 9.94. The molecule has 8 heteroatoms. The smallest absolute Gasteiger partial charge is 0.407 e. The molecular formula is C22H30N4O4. The molecule has 0 radical (unpaired) electrons. The molecule has 1 aromatic carbocycles. The zero-order valence-corrected chi connectivity index (χ0v) is 18.1. The van der Waals surface area contributed by atoms with Crippen molar-refractivity contribution in [3.05, 3.63) is 47.7 Å². The summed E-state index contributed by atoms with van der Waals surface area (Å²) in [6, 6.07) is 11.1. The summed E-state index contributed by atoms with van der Waals surface area (Å²) in [4.78, 5) is 27.2. The maximum absolute atomic E-state index is 12.7. The van der Waals surface area contributed by atoms with E-state index in [9.17, 15) is 9.59 Å². The van der Waals surface area contributed by atoms with Crippen LogP contribution >= 0.6 is 0 Å². The van der Waals surface area contributed by atoms with E-state index in [0.29, 0.717) is 24.7 Å². The van der Waals surface area contributed by atoms with Gasteiger partial charge in [0.1, 0.15) is 5.60 Å². The van der Waals surface area contributed by atoms with Gasteiger partial charge in [-0.25, -0.2) is 4.79 Å². The highest BCUT2D eigenvalue weighted by Gasteiger charge is 2.39. The summed E-state index contributed by atoms with van der Waals surface area (Å²) in [6.07, 6.45) is -0.454. The number of alkyl carbamates (subject to hydrolysis) is 1. The number of nitrogens with zero attached hydrogens (tertiary/aromatic N) is 2. The monoisotopic (exact) mass is 414 g/mol. The van der Waals surface area contributed by atoms with Crippen LogP contribution in [0.3, 0.4) is 0 Å². The Balaban J connectivity index is 1.71. The highest BCUT2D eigenvalue weighted by atomic mass is 16.6. The Hall–Kier alpha value is -2.87. The minimum Gasteiger partial charge on any atom is -0.444 e. The van der Waals surface area contributed by atoms with Crippen LogP contribution in [0.15, 0.2) is 40.9 Å². The third-order valence-corrected chi connectivity index (χ3v) is 5.08. The maximum atomic E-state index is 12.7. The van der Waals surface area contributed by atoms with Gasteiger partial charge in [-0.15, -0.1) is 0 Å². The Bertz CT molecular complexity index is 875. The van der Waals surface area contributed by atoms with E-state index in [1.165, 1.54) is 0 Å². The number of hydrogen-bond donors (Lipinski definition) is 2. The lowest BCUT2D eigenvalue weighted by Crippen LogP contribution is -2.45. The average molecular weight is 415 g/mol. The van der Waals surface area contributed by atoms with Crippen molar-refractivity contribution in [2.75, 3.05) is 18.4 Å². The van der Waals surface area contributed by atoms with Crippen molar-refractivity contribution in [2.24, 2.45) is 0 Å². The second kappa shape index (κ2) is 8.87. The first-order valence-corrected chi connectivity index (χ1v) is 10.1. The van der Waals surface area contributed by atoms with E-state index in [-0.39, 0.29) is 17.9 Å². The molecule has 0 spiro atoms. The highest BCUT2D eigenvalue weighted by Crippen LogP contribution is 2.29. The van der Waals surface area contributed by atoms with Crippen molar-refractivity contribution >= 4 is 17.9 Å². The molecule has 162 valence electrons. The minimum atomic E-state index is -0.576. The minimum absolute atomic E-state index is 0.0430. The van der Waals surface area contributed by atoms with Crippen LogP contribution < -0.4 is 10.6 Å². The van der Waals surface area contributed by atoms with Crippen LogP contribution in [0.2, 0.25) is 0 Å².